The molecule has 1 aliphatic rings. The lowest BCUT2D eigenvalue weighted by molar-refractivity contribution is 0.0945. The van der Waals surface area contributed by atoms with Crippen LogP contribution >= 0.6 is 35.0 Å². The van der Waals surface area contributed by atoms with Crippen molar-refractivity contribution in [1.29, 1.82) is 0 Å². The summed E-state index contributed by atoms with van der Waals surface area (Å²) in [5.74, 6) is -0.354. The summed E-state index contributed by atoms with van der Waals surface area (Å²) in [6, 6.07) is 4.57. The molecule has 0 heterocycles. The Morgan fingerprint density at radius 1 is 1.56 bits per heavy atom. The highest BCUT2D eigenvalue weighted by atomic mass is 127. The molecule has 1 atom stereocenters. The zero-order chi connectivity index (χ0) is 12.4. The Morgan fingerprint density at radius 3 is 2.78 bits per heavy atom. The number of hydrogen-bond acceptors (Lipinski definition) is 2. The van der Waals surface area contributed by atoms with Crippen LogP contribution in [0.3, 0.4) is 0 Å². The first-order valence-corrected chi connectivity index (χ1v) is 6.65. The number of halogens is 3. The summed E-state index contributed by atoms with van der Waals surface area (Å²) in [5, 5.41) is 2.69. The van der Waals surface area contributed by atoms with Crippen LogP contribution in [0.5, 0.6) is 0 Å². The molecule has 1 aliphatic carbocycles. The van der Waals surface area contributed by atoms with Crippen LogP contribution in [-0.2, 0) is 0 Å². The molecule has 2 rings (SSSR count). The average molecular weight is 385 g/mol. The van der Waals surface area contributed by atoms with Gasteiger partial charge in [-0.05, 0) is 53.5 Å². The van der Waals surface area contributed by atoms with Crippen molar-refractivity contribution in [2.75, 3.05) is 6.54 Å². The summed E-state index contributed by atoms with van der Waals surface area (Å²) in [4.78, 5) is 11.8. The second-order valence-corrected chi connectivity index (χ2v) is 5.47. The molecule has 100 valence electrons. The fourth-order valence-corrected chi connectivity index (χ4v) is 2.41. The van der Waals surface area contributed by atoms with Crippen LogP contribution in [0.2, 0.25) is 0 Å². The normalized spacial score (nSPS) is 15.7. The van der Waals surface area contributed by atoms with Gasteiger partial charge in [0.25, 0.3) is 5.91 Å². The summed E-state index contributed by atoms with van der Waals surface area (Å²) in [5.41, 5.74) is 5.98. The third kappa shape index (κ3) is 3.80. The van der Waals surface area contributed by atoms with Crippen molar-refractivity contribution < 1.29 is 9.18 Å². The number of hydrogen-bond donors (Lipinski definition) is 2. The third-order valence-corrected chi connectivity index (χ3v) is 3.81. The van der Waals surface area contributed by atoms with E-state index in [1.807, 2.05) is 22.6 Å². The molecule has 0 aromatic heterocycles. The largest absolute Gasteiger partial charge is 0.350 e. The maximum absolute atomic E-state index is 13.5. The van der Waals surface area contributed by atoms with E-state index in [0.717, 1.165) is 12.8 Å². The minimum Gasteiger partial charge on any atom is -0.350 e. The zero-order valence-corrected chi connectivity index (χ0v) is 12.6. The Balaban J connectivity index is 0.00000162. The minimum absolute atomic E-state index is 0. The lowest BCUT2D eigenvalue weighted by atomic mass is 10.1. The van der Waals surface area contributed by atoms with Gasteiger partial charge in [-0.25, -0.2) is 4.39 Å². The van der Waals surface area contributed by atoms with E-state index in [9.17, 15) is 9.18 Å². The number of amides is 1. The zero-order valence-electron chi connectivity index (χ0n) is 9.66. The third-order valence-electron chi connectivity index (χ3n) is 2.92. The van der Waals surface area contributed by atoms with Crippen molar-refractivity contribution in [2.45, 2.75) is 18.9 Å². The van der Waals surface area contributed by atoms with Crippen LogP contribution in [-0.4, -0.2) is 18.5 Å². The molecule has 1 aromatic carbocycles. The second-order valence-electron chi connectivity index (χ2n) is 4.31. The molecule has 0 spiro atoms. The first-order chi connectivity index (χ1) is 8.09. The SMILES string of the molecule is Cl.NC(CNC(=O)c1c(F)cccc1I)C1CC1. The van der Waals surface area contributed by atoms with Gasteiger partial charge in [0.2, 0.25) is 0 Å². The van der Waals surface area contributed by atoms with Gasteiger partial charge in [-0.15, -0.1) is 12.4 Å². The number of carbonyl (C=O) groups is 1. The standard InChI is InChI=1S/C12H14FIN2O.ClH/c13-8-2-1-3-9(14)11(8)12(17)16-6-10(15)7-4-5-7;/h1-3,7,10H,4-6,15H2,(H,16,17);1H. The Kier molecular flexibility index (Phi) is 5.81. The van der Waals surface area contributed by atoms with Gasteiger partial charge in [-0.2, -0.15) is 0 Å². The Bertz CT molecular complexity index is 420. The average Bonchev–Trinajstić information content (AvgIpc) is 3.09. The molecular weight excluding hydrogens is 370 g/mol. The van der Waals surface area contributed by atoms with Crippen molar-refractivity contribution in [3.63, 3.8) is 0 Å². The van der Waals surface area contributed by atoms with E-state index in [0.29, 0.717) is 16.0 Å². The van der Waals surface area contributed by atoms with Gasteiger partial charge in [-0.1, -0.05) is 6.07 Å². The first-order valence-electron chi connectivity index (χ1n) is 5.57. The molecule has 0 bridgehead atoms. The fourth-order valence-electron chi connectivity index (χ4n) is 1.70. The molecule has 6 heteroatoms. The Hall–Kier alpha value is -0.400. The van der Waals surface area contributed by atoms with E-state index in [1.165, 1.54) is 6.07 Å². The Labute approximate surface area is 125 Å². The van der Waals surface area contributed by atoms with E-state index in [2.05, 4.69) is 5.32 Å². The summed E-state index contributed by atoms with van der Waals surface area (Å²) in [7, 11) is 0. The van der Waals surface area contributed by atoms with Gasteiger partial charge in [0.05, 0.1) is 5.56 Å². The van der Waals surface area contributed by atoms with Crippen LogP contribution in [0.4, 0.5) is 4.39 Å². The van der Waals surface area contributed by atoms with Gasteiger partial charge < -0.3 is 11.1 Å². The van der Waals surface area contributed by atoms with E-state index < -0.39 is 5.82 Å². The van der Waals surface area contributed by atoms with Crippen LogP contribution in [0.15, 0.2) is 18.2 Å². The van der Waals surface area contributed by atoms with E-state index >= 15 is 0 Å². The summed E-state index contributed by atoms with van der Waals surface area (Å²) < 4.78 is 14.1. The monoisotopic (exact) mass is 384 g/mol. The quantitative estimate of drug-likeness (QED) is 0.783. The number of nitrogens with two attached hydrogens (primary N) is 1. The smallest absolute Gasteiger partial charge is 0.255 e. The lowest BCUT2D eigenvalue weighted by Crippen LogP contribution is -2.39. The van der Waals surface area contributed by atoms with Crippen molar-refractivity contribution >= 4 is 40.9 Å². The van der Waals surface area contributed by atoms with Crippen LogP contribution in [0, 0.1) is 15.3 Å². The molecule has 0 radical (unpaired) electrons. The highest BCUT2D eigenvalue weighted by molar-refractivity contribution is 14.1. The summed E-state index contributed by atoms with van der Waals surface area (Å²) in [6.07, 6.45) is 2.27. The molecule has 1 fully saturated rings. The van der Waals surface area contributed by atoms with Crippen LogP contribution in [0.25, 0.3) is 0 Å². The van der Waals surface area contributed by atoms with Crippen molar-refractivity contribution in [3.05, 3.63) is 33.1 Å². The molecule has 1 amide bonds. The van der Waals surface area contributed by atoms with Gasteiger partial charge >= 0.3 is 0 Å². The molecule has 0 aliphatic heterocycles. The molecule has 1 aromatic rings. The highest BCUT2D eigenvalue weighted by Gasteiger charge is 2.28. The van der Waals surface area contributed by atoms with E-state index in [4.69, 9.17) is 5.73 Å². The topological polar surface area (TPSA) is 55.1 Å². The summed E-state index contributed by atoms with van der Waals surface area (Å²) in [6.45, 7) is 0.411. The molecule has 3 N–H and O–H groups in total. The van der Waals surface area contributed by atoms with Crippen molar-refractivity contribution in [1.82, 2.24) is 5.32 Å². The van der Waals surface area contributed by atoms with E-state index in [1.54, 1.807) is 12.1 Å². The molecule has 1 saturated carbocycles. The second kappa shape index (κ2) is 6.68. The van der Waals surface area contributed by atoms with Crippen molar-refractivity contribution in [2.24, 2.45) is 11.7 Å². The maximum atomic E-state index is 13.5. The van der Waals surface area contributed by atoms with Crippen LogP contribution in [0.1, 0.15) is 23.2 Å². The minimum atomic E-state index is -0.491. The molecule has 18 heavy (non-hydrogen) atoms. The first kappa shape index (κ1) is 15.7. The van der Waals surface area contributed by atoms with Crippen molar-refractivity contribution in [3.8, 4) is 0 Å². The number of nitrogens with one attached hydrogen (secondary N) is 1. The summed E-state index contributed by atoms with van der Waals surface area (Å²) >= 11 is 1.95. The predicted octanol–water partition coefficient (Wildman–Crippen LogP) is 2.32. The molecule has 3 nitrogen and oxygen atoms in total. The predicted molar refractivity (Wildman–Crippen MR) is 79.4 cm³/mol. The molecule has 1 unspecified atom stereocenters. The maximum Gasteiger partial charge on any atom is 0.255 e. The number of carbonyl (C=O) groups excluding carboxylic acids is 1. The molecular formula is C12H15ClFIN2O. The fraction of sp³-hybridized carbons (Fsp3) is 0.417. The number of rotatable bonds is 4. The number of benzene rings is 1. The molecule has 0 saturated heterocycles. The van der Waals surface area contributed by atoms with Gasteiger partial charge in [0.1, 0.15) is 5.82 Å². The van der Waals surface area contributed by atoms with Gasteiger partial charge in [-0.3, -0.25) is 4.79 Å². The highest BCUT2D eigenvalue weighted by Crippen LogP contribution is 2.31. The lowest BCUT2D eigenvalue weighted by Gasteiger charge is -2.12. The van der Waals surface area contributed by atoms with E-state index in [-0.39, 0.29) is 29.9 Å². The van der Waals surface area contributed by atoms with Gasteiger partial charge in [0, 0.05) is 16.2 Å². The Morgan fingerprint density at radius 2 is 2.22 bits per heavy atom. The van der Waals surface area contributed by atoms with Gasteiger partial charge in [0.15, 0.2) is 0 Å². The van der Waals surface area contributed by atoms with Crippen LogP contribution < -0.4 is 11.1 Å².